The van der Waals surface area contributed by atoms with Crippen LogP contribution in [0.2, 0.25) is 0 Å². The van der Waals surface area contributed by atoms with Gasteiger partial charge in [-0.15, -0.1) is 0 Å². The standard InChI is InChI=1S/C19H23N3O3S/c23-26(24)19-6-2-1-5-17(19)22(10-14-7-8-14)18-13-21(12-16(18)20-26)11-15-4-3-9-25-15/h1-6,9,14,16,18,20H,7-8,10-13H2/t16-,18+/m0/s1. The van der Waals surface area contributed by atoms with E-state index in [0.717, 1.165) is 24.5 Å². The predicted octanol–water partition coefficient (Wildman–Crippen LogP) is 2.04. The van der Waals surface area contributed by atoms with Gasteiger partial charge in [-0.25, -0.2) is 13.1 Å². The van der Waals surface area contributed by atoms with Crippen LogP contribution in [0.15, 0.2) is 52.0 Å². The zero-order chi connectivity index (χ0) is 17.7. The molecule has 1 aromatic carbocycles. The van der Waals surface area contributed by atoms with Crippen molar-refractivity contribution in [1.29, 1.82) is 0 Å². The summed E-state index contributed by atoms with van der Waals surface area (Å²) in [7, 11) is -3.51. The number of fused-ring (bicyclic) bond motifs is 2. The van der Waals surface area contributed by atoms with Gasteiger partial charge in [-0.1, -0.05) is 12.1 Å². The lowest BCUT2D eigenvalue weighted by Gasteiger charge is -2.32. The van der Waals surface area contributed by atoms with E-state index in [2.05, 4.69) is 14.5 Å². The number of rotatable bonds is 4. The fourth-order valence-corrected chi connectivity index (χ4v) is 5.70. The summed E-state index contributed by atoms with van der Waals surface area (Å²) in [5, 5.41) is 0. The Hall–Kier alpha value is -1.83. The molecule has 3 heterocycles. The number of hydrogen-bond acceptors (Lipinski definition) is 5. The third-order valence-electron chi connectivity index (χ3n) is 5.65. The molecule has 1 aromatic heterocycles. The summed E-state index contributed by atoms with van der Waals surface area (Å²) in [6, 6.07) is 11.3. The van der Waals surface area contributed by atoms with Gasteiger partial charge in [0.25, 0.3) is 0 Å². The third-order valence-corrected chi connectivity index (χ3v) is 7.18. The van der Waals surface area contributed by atoms with Crippen molar-refractivity contribution in [2.45, 2.75) is 36.4 Å². The van der Waals surface area contributed by atoms with Crippen LogP contribution in [0, 0.1) is 5.92 Å². The quantitative estimate of drug-likeness (QED) is 0.888. The minimum absolute atomic E-state index is 0.110. The number of sulfonamides is 1. The number of furan rings is 1. The Morgan fingerprint density at radius 1 is 1.12 bits per heavy atom. The predicted molar refractivity (Wildman–Crippen MR) is 98.4 cm³/mol. The second-order valence-corrected chi connectivity index (χ2v) is 9.31. The van der Waals surface area contributed by atoms with E-state index < -0.39 is 10.0 Å². The highest BCUT2D eigenvalue weighted by molar-refractivity contribution is 7.89. The van der Waals surface area contributed by atoms with Gasteiger partial charge in [0.05, 0.1) is 30.6 Å². The third kappa shape index (κ3) is 2.94. The van der Waals surface area contributed by atoms with Gasteiger partial charge in [0.15, 0.2) is 0 Å². The maximum absolute atomic E-state index is 12.9. The molecule has 1 N–H and O–H groups in total. The molecule has 0 bridgehead atoms. The van der Waals surface area contributed by atoms with Crippen molar-refractivity contribution in [3.05, 3.63) is 48.4 Å². The minimum Gasteiger partial charge on any atom is -0.468 e. The fourth-order valence-electron chi connectivity index (χ4n) is 4.23. The van der Waals surface area contributed by atoms with Crippen LogP contribution in [0.5, 0.6) is 0 Å². The lowest BCUT2D eigenvalue weighted by atomic mass is 10.1. The first-order valence-electron chi connectivity index (χ1n) is 9.23. The Kier molecular flexibility index (Phi) is 3.84. The molecule has 1 saturated heterocycles. The van der Waals surface area contributed by atoms with Gasteiger partial charge in [-0.05, 0) is 43.0 Å². The van der Waals surface area contributed by atoms with Crippen LogP contribution in [0.4, 0.5) is 5.69 Å². The zero-order valence-electron chi connectivity index (χ0n) is 14.5. The Morgan fingerprint density at radius 2 is 1.96 bits per heavy atom. The number of anilines is 1. The van der Waals surface area contributed by atoms with Crippen LogP contribution in [0.3, 0.4) is 0 Å². The molecule has 7 heteroatoms. The number of nitrogens with one attached hydrogen (secondary N) is 1. The molecule has 2 fully saturated rings. The first-order chi connectivity index (χ1) is 12.6. The molecule has 5 rings (SSSR count). The van der Waals surface area contributed by atoms with Crippen LogP contribution in [-0.4, -0.2) is 45.0 Å². The number of likely N-dealkylation sites (tertiary alicyclic amines) is 1. The van der Waals surface area contributed by atoms with E-state index in [1.807, 2.05) is 24.3 Å². The molecule has 0 amide bonds. The second kappa shape index (κ2) is 6.11. The van der Waals surface area contributed by atoms with E-state index in [0.29, 0.717) is 23.9 Å². The average Bonchev–Trinajstić information content (AvgIpc) is 3.17. The van der Waals surface area contributed by atoms with Crippen molar-refractivity contribution >= 4 is 15.7 Å². The zero-order valence-corrected chi connectivity index (χ0v) is 15.4. The monoisotopic (exact) mass is 373 g/mol. The molecule has 26 heavy (non-hydrogen) atoms. The first-order valence-corrected chi connectivity index (χ1v) is 10.7. The maximum atomic E-state index is 12.9. The fraction of sp³-hybridized carbons (Fsp3) is 0.474. The Balaban J connectivity index is 1.49. The molecule has 3 aliphatic rings. The minimum atomic E-state index is -3.51. The van der Waals surface area contributed by atoms with Gasteiger partial charge in [-0.3, -0.25) is 4.90 Å². The summed E-state index contributed by atoms with van der Waals surface area (Å²) in [4.78, 5) is 5.04. The Bertz CT molecular complexity index is 893. The van der Waals surface area contributed by atoms with Crippen molar-refractivity contribution in [3.63, 3.8) is 0 Å². The molecule has 0 radical (unpaired) electrons. The summed E-state index contributed by atoms with van der Waals surface area (Å²) >= 11 is 0. The molecule has 6 nitrogen and oxygen atoms in total. The average molecular weight is 373 g/mol. The van der Waals surface area contributed by atoms with Gasteiger partial charge >= 0.3 is 0 Å². The number of benzene rings is 1. The van der Waals surface area contributed by atoms with Gasteiger partial charge < -0.3 is 9.32 Å². The van der Waals surface area contributed by atoms with Crippen LogP contribution in [-0.2, 0) is 16.6 Å². The molecule has 0 unspecified atom stereocenters. The van der Waals surface area contributed by atoms with Gasteiger partial charge in [0.1, 0.15) is 10.7 Å². The molecule has 2 aromatic rings. The molecular weight excluding hydrogens is 350 g/mol. The smallest absolute Gasteiger partial charge is 0.242 e. The van der Waals surface area contributed by atoms with E-state index in [1.165, 1.54) is 12.8 Å². The second-order valence-electron chi connectivity index (χ2n) is 7.63. The first kappa shape index (κ1) is 16.4. The van der Waals surface area contributed by atoms with Crippen molar-refractivity contribution in [2.24, 2.45) is 5.92 Å². The molecule has 1 saturated carbocycles. The van der Waals surface area contributed by atoms with E-state index in [-0.39, 0.29) is 12.1 Å². The molecule has 1 aliphatic carbocycles. The van der Waals surface area contributed by atoms with E-state index in [4.69, 9.17) is 4.42 Å². The molecular formula is C19H23N3O3S. The van der Waals surface area contributed by atoms with Crippen molar-refractivity contribution in [1.82, 2.24) is 9.62 Å². The van der Waals surface area contributed by atoms with Gasteiger partial charge in [-0.2, -0.15) is 0 Å². The largest absolute Gasteiger partial charge is 0.468 e. The SMILES string of the molecule is O=S1(=O)N[C@H]2CN(Cc3ccco3)C[C@H]2N(CC2CC2)c2ccccc21. The van der Waals surface area contributed by atoms with Gasteiger partial charge in [0.2, 0.25) is 10.0 Å². The van der Waals surface area contributed by atoms with Crippen molar-refractivity contribution in [2.75, 3.05) is 24.5 Å². The van der Waals surface area contributed by atoms with Crippen LogP contribution in [0.25, 0.3) is 0 Å². The molecule has 2 aliphatic heterocycles. The Labute approximate surface area is 153 Å². The lowest BCUT2D eigenvalue weighted by Crippen LogP contribution is -2.49. The van der Waals surface area contributed by atoms with Crippen LogP contribution >= 0.6 is 0 Å². The van der Waals surface area contributed by atoms with E-state index in [9.17, 15) is 8.42 Å². The molecule has 0 spiro atoms. The van der Waals surface area contributed by atoms with E-state index in [1.54, 1.807) is 18.4 Å². The normalized spacial score (nSPS) is 27.8. The number of hydrogen-bond donors (Lipinski definition) is 1. The number of para-hydroxylation sites is 1. The molecule has 2 atom stereocenters. The maximum Gasteiger partial charge on any atom is 0.242 e. The lowest BCUT2D eigenvalue weighted by molar-refractivity contribution is 0.289. The van der Waals surface area contributed by atoms with Crippen LogP contribution in [0.1, 0.15) is 18.6 Å². The molecule has 138 valence electrons. The highest BCUT2D eigenvalue weighted by Crippen LogP contribution is 2.38. The van der Waals surface area contributed by atoms with E-state index >= 15 is 0 Å². The summed E-state index contributed by atoms with van der Waals surface area (Å²) in [5.74, 6) is 1.60. The summed E-state index contributed by atoms with van der Waals surface area (Å²) < 4.78 is 34.3. The summed E-state index contributed by atoms with van der Waals surface area (Å²) in [5.41, 5.74) is 0.847. The van der Waals surface area contributed by atoms with Crippen molar-refractivity contribution in [3.8, 4) is 0 Å². The highest BCUT2D eigenvalue weighted by Gasteiger charge is 2.44. The topological polar surface area (TPSA) is 65.8 Å². The highest BCUT2D eigenvalue weighted by atomic mass is 32.2. The Morgan fingerprint density at radius 3 is 2.73 bits per heavy atom. The van der Waals surface area contributed by atoms with Gasteiger partial charge in [0, 0.05) is 19.6 Å². The summed E-state index contributed by atoms with van der Waals surface area (Å²) in [6.45, 7) is 3.17. The summed E-state index contributed by atoms with van der Waals surface area (Å²) in [6.07, 6.45) is 4.17. The van der Waals surface area contributed by atoms with Crippen LogP contribution < -0.4 is 9.62 Å². The number of nitrogens with zero attached hydrogens (tertiary/aromatic N) is 2. The van der Waals surface area contributed by atoms with Crippen molar-refractivity contribution < 1.29 is 12.8 Å².